The Morgan fingerprint density at radius 1 is 1.08 bits per heavy atom. The number of carbonyl (C=O) groups is 2. The van der Waals surface area contributed by atoms with Gasteiger partial charge in [0.2, 0.25) is 11.8 Å². The first-order valence-corrected chi connectivity index (χ1v) is 13.9. The first-order valence-electron chi connectivity index (χ1n) is 13.1. The molecule has 3 aliphatic rings. The molecule has 5 rings (SSSR count). The zero-order valence-electron chi connectivity index (χ0n) is 21.5. The van der Waals surface area contributed by atoms with Gasteiger partial charge in [-0.3, -0.25) is 9.59 Å². The number of rotatable bonds is 4. The second-order valence-electron chi connectivity index (χ2n) is 12.0. The highest BCUT2D eigenvalue weighted by molar-refractivity contribution is 6.31. The average Bonchev–Trinajstić information content (AvgIpc) is 3.29. The van der Waals surface area contributed by atoms with Crippen molar-refractivity contribution < 1.29 is 14.7 Å². The Balaban J connectivity index is 1.64. The molecule has 2 heterocycles. The average molecular weight is 545 g/mol. The van der Waals surface area contributed by atoms with Gasteiger partial charge in [0.1, 0.15) is 5.41 Å². The van der Waals surface area contributed by atoms with Crippen molar-refractivity contribution >= 4 is 40.7 Å². The summed E-state index contributed by atoms with van der Waals surface area (Å²) < 4.78 is 0. The number of aliphatic hydroxyl groups is 1. The number of amides is 2. The number of benzene rings is 2. The quantitative estimate of drug-likeness (QED) is 0.428. The van der Waals surface area contributed by atoms with Gasteiger partial charge < -0.3 is 21.1 Å². The molecule has 0 bridgehead atoms. The third-order valence-corrected chi connectivity index (χ3v) is 8.63. The summed E-state index contributed by atoms with van der Waals surface area (Å²) in [6, 6.07) is 12.1. The van der Waals surface area contributed by atoms with Gasteiger partial charge in [0.05, 0.1) is 12.1 Å². The summed E-state index contributed by atoms with van der Waals surface area (Å²) in [5.74, 6) is -0.750. The van der Waals surface area contributed by atoms with Crippen molar-refractivity contribution in [3.05, 3.63) is 63.6 Å². The molecule has 2 fully saturated rings. The normalized spacial score (nSPS) is 31.3. The molecule has 0 aromatic heterocycles. The van der Waals surface area contributed by atoms with E-state index in [0.717, 1.165) is 24.0 Å². The predicted octanol–water partition coefficient (Wildman–Crippen LogP) is 5.16. The van der Waals surface area contributed by atoms with Crippen LogP contribution in [0.3, 0.4) is 0 Å². The Hall–Kier alpha value is -2.12. The lowest BCUT2D eigenvalue weighted by atomic mass is 9.62. The molecule has 0 unspecified atom stereocenters. The van der Waals surface area contributed by atoms with Crippen molar-refractivity contribution in [2.24, 2.45) is 5.41 Å². The number of carbonyl (C=O) groups excluding carboxylic acids is 2. The number of fused-ring (bicyclic) bond motifs is 2. The highest BCUT2D eigenvalue weighted by atomic mass is 35.5. The van der Waals surface area contributed by atoms with Crippen LogP contribution in [0.4, 0.5) is 5.69 Å². The topological polar surface area (TPSA) is 90.5 Å². The van der Waals surface area contributed by atoms with Crippen LogP contribution in [0.25, 0.3) is 0 Å². The molecule has 2 aromatic rings. The molecule has 1 aliphatic carbocycles. The largest absolute Gasteiger partial charge is 0.393 e. The number of nitrogens with one attached hydrogen (secondary N) is 3. The molecule has 2 aliphatic heterocycles. The van der Waals surface area contributed by atoms with Gasteiger partial charge in [0.15, 0.2) is 0 Å². The van der Waals surface area contributed by atoms with Gasteiger partial charge in [-0.25, -0.2) is 0 Å². The summed E-state index contributed by atoms with van der Waals surface area (Å²) in [4.78, 5) is 28.1. The fourth-order valence-electron chi connectivity index (χ4n) is 6.63. The first-order chi connectivity index (χ1) is 17.5. The zero-order chi connectivity index (χ0) is 26.5. The third-order valence-electron chi connectivity index (χ3n) is 8.16. The Morgan fingerprint density at radius 3 is 2.46 bits per heavy atom. The summed E-state index contributed by atoms with van der Waals surface area (Å²) in [6.07, 6.45) is 3.20. The van der Waals surface area contributed by atoms with E-state index in [-0.39, 0.29) is 35.4 Å². The van der Waals surface area contributed by atoms with Crippen LogP contribution in [-0.4, -0.2) is 41.2 Å². The summed E-state index contributed by atoms with van der Waals surface area (Å²) in [6.45, 7) is 6.44. The number of anilines is 1. The molecule has 1 saturated carbocycles. The van der Waals surface area contributed by atoms with Gasteiger partial charge in [-0.15, -0.1) is 0 Å². The number of hydrogen-bond donors (Lipinski definition) is 4. The standard InChI is InChI=1S/C29H35Cl2N3O3/c1-28(2,3)15-23-29(21-12-7-18(31)14-22(21)33-27(29)37)24(16-5-4-6-17(30)13-16)25(34-23)26(36)32-19-8-10-20(35)11-9-19/h4-7,12-14,19-20,23-25,34-35H,8-11,15H2,1-3H3,(H,32,36)(H,33,37)/t19?,20?,23-,24+,25-,29+/m1/s1. The van der Waals surface area contributed by atoms with Crippen LogP contribution in [0.15, 0.2) is 42.5 Å². The fourth-order valence-corrected chi connectivity index (χ4v) is 7.00. The van der Waals surface area contributed by atoms with E-state index in [4.69, 9.17) is 23.2 Å². The van der Waals surface area contributed by atoms with Crippen LogP contribution in [0, 0.1) is 5.41 Å². The molecule has 0 radical (unpaired) electrons. The molecular formula is C29H35Cl2N3O3. The van der Waals surface area contributed by atoms with Crippen molar-refractivity contribution in [1.29, 1.82) is 0 Å². The van der Waals surface area contributed by atoms with Gasteiger partial charge in [-0.1, -0.05) is 62.2 Å². The maximum absolute atomic E-state index is 14.1. The molecule has 2 amide bonds. The second-order valence-corrected chi connectivity index (χ2v) is 12.9. The predicted molar refractivity (Wildman–Crippen MR) is 147 cm³/mol. The Morgan fingerprint density at radius 2 is 1.78 bits per heavy atom. The lowest BCUT2D eigenvalue weighted by molar-refractivity contribution is -0.124. The lowest BCUT2D eigenvalue weighted by Crippen LogP contribution is -2.49. The third kappa shape index (κ3) is 4.89. The Bertz CT molecular complexity index is 1210. The summed E-state index contributed by atoms with van der Waals surface area (Å²) >= 11 is 12.8. The molecule has 2 aromatic carbocycles. The fraction of sp³-hybridized carbons (Fsp3) is 0.517. The summed E-state index contributed by atoms with van der Waals surface area (Å²) in [7, 11) is 0. The van der Waals surface area contributed by atoms with Gasteiger partial charge in [0.25, 0.3) is 0 Å². The first kappa shape index (κ1) is 26.5. The van der Waals surface area contributed by atoms with Crippen molar-refractivity contribution in [2.45, 2.75) is 88.4 Å². The van der Waals surface area contributed by atoms with E-state index in [1.165, 1.54) is 0 Å². The van der Waals surface area contributed by atoms with Crippen LogP contribution in [0.1, 0.15) is 69.9 Å². The molecular weight excluding hydrogens is 509 g/mol. The van der Waals surface area contributed by atoms with E-state index in [9.17, 15) is 14.7 Å². The van der Waals surface area contributed by atoms with Gasteiger partial charge in [-0.05, 0) is 72.9 Å². The van der Waals surface area contributed by atoms with E-state index in [2.05, 4.69) is 36.7 Å². The van der Waals surface area contributed by atoms with Crippen LogP contribution < -0.4 is 16.0 Å². The van der Waals surface area contributed by atoms with Crippen LogP contribution in [0.5, 0.6) is 0 Å². The van der Waals surface area contributed by atoms with E-state index in [1.807, 2.05) is 30.3 Å². The highest BCUT2D eigenvalue weighted by Gasteiger charge is 2.65. The number of aliphatic hydroxyl groups excluding tert-OH is 1. The van der Waals surface area contributed by atoms with Gasteiger partial charge >= 0.3 is 0 Å². The highest BCUT2D eigenvalue weighted by Crippen LogP contribution is 2.56. The smallest absolute Gasteiger partial charge is 0.238 e. The van der Waals surface area contributed by atoms with Crippen molar-refractivity contribution in [1.82, 2.24) is 10.6 Å². The van der Waals surface area contributed by atoms with E-state index >= 15 is 0 Å². The van der Waals surface area contributed by atoms with Crippen LogP contribution >= 0.6 is 23.2 Å². The van der Waals surface area contributed by atoms with Crippen molar-refractivity contribution in [3.8, 4) is 0 Å². The van der Waals surface area contributed by atoms with Crippen molar-refractivity contribution in [2.75, 3.05) is 5.32 Å². The van der Waals surface area contributed by atoms with Gasteiger partial charge in [0, 0.05) is 33.7 Å². The molecule has 37 heavy (non-hydrogen) atoms. The maximum Gasteiger partial charge on any atom is 0.238 e. The van der Waals surface area contributed by atoms with E-state index in [0.29, 0.717) is 35.0 Å². The van der Waals surface area contributed by atoms with Crippen LogP contribution in [-0.2, 0) is 15.0 Å². The van der Waals surface area contributed by atoms with Crippen molar-refractivity contribution in [3.63, 3.8) is 0 Å². The summed E-state index contributed by atoms with van der Waals surface area (Å²) in [5, 5.41) is 21.0. The molecule has 1 spiro atoms. The minimum Gasteiger partial charge on any atom is -0.393 e. The summed E-state index contributed by atoms with van der Waals surface area (Å²) in [5.41, 5.74) is 1.25. The SMILES string of the molecule is CC(C)(C)C[C@H]1N[C@@H](C(=O)NC2CCC(O)CC2)[C@H](c2cccc(Cl)c2)[C@@]12C(=O)Nc1cc(Cl)ccc12. The molecule has 6 nitrogen and oxygen atoms in total. The van der Waals surface area contributed by atoms with E-state index in [1.54, 1.807) is 12.1 Å². The minimum absolute atomic E-state index is 0.00109. The minimum atomic E-state index is -1.03. The second kappa shape index (κ2) is 9.88. The van der Waals surface area contributed by atoms with Gasteiger partial charge in [-0.2, -0.15) is 0 Å². The lowest BCUT2D eigenvalue weighted by Gasteiger charge is -2.37. The number of halogens is 2. The molecule has 1 saturated heterocycles. The monoisotopic (exact) mass is 543 g/mol. The Kier molecular flexibility index (Phi) is 7.07. The number of hydrogen-bond acceptors (Lipinski definition) is 4. The zero-order valence-corrected chi connectivity index (χ0v) is 23.0. The molecule has 4 atom stereocenters. The maximum atomic E-state index is 14.1. The van der Waals surface area contributed by atoms with E-state index < -0.39 is 17.4 Å². The Labute approximate surface area is 228 Å². The van der Waals surface area contributed by atoms with Crippen LogP contribution in [0.2, 0.25) is 10.0 Å². The molecule has 198 valence electrons. The molecule has 4 N–H and O–H groups in total. The molecule has 8 heteroatoms.